The quantitative estimate of drug-likeness (QED) is 0.154. The Morgan fingerprint density at radius 2 is 1.27 bits per heavy atom. The summed E-state index contributed by atoms with van der Waals surface area (Å²) in [6.07, 6.45) is -9.70. The minimum Gasteiger partial charge on any atom is -0.347 e. The van der Waals surface area contributed by atoms with E-state index in [1.807, 2.05) is 60.7 Å². The van der Waals surface area contributed by atoms with Crippen molar-refractivity contribution in [3.63, 3.8) is 0 Å². The maximum Gasteiger partial charge on any atom is 0.416 e. The topological polar surface area (TPSA) is 29.1 Å². The van der Waals surface area contributed by atoms with Crippen LogP contribution in [0, 0.1) is 0 Å². The van der Waals surface area contributed by atoms with E-state index in [0.29, 0.717) is 23.9 Å². The zero-order valence-electron chi connectivity index (χ0n) is 19.2. The highest BCUT2D eigenvalue weighted by Gasteiger charge is 2.37. The monoisotopic (exact) mass is 532 g/mol. The Labute approximate surface area is 211 Å². The van der Waals surface area contributed by atoms with E-state index in [-0.39, 0.29) is 6.07 Å². The van der Waals surface area contributed by atoms with Gasteiger partial charge in [-0.1, -0.05) is 60.7 Å². The second kappa shape index (κ2) is 10.9. The molecular formula is C28H21F6NOP-. The second-order valence-corrected chi connectivity index (χ2v) is 10.6. The number of rotatable bonds is 7. The van der Waals surface area contributed by atoms with Gasteiger partial charge in [-0.2, -0.15) is 38.5 Å². The van der Waals surface area contributed by atoms with E-state index in [4.69, 9.17) is 0 Å². The van der Waals surface area contributed by atoms with E-state index in [2.05, 4.69) is 5.32 Å². The van der Waals surface area contributed by atoms with Gasteiger partial charge in [0.05, 0.1) is 11.1 Å². The van der Waals surface area contributed by atoms with Crippen molar-refractivity contribution in [3.05, 3.63) is 125 Å². The maximum absolute atomic E-state index is 13.3. The van der Waals surface area contributed by atoms with Crippen LogP contribution >= 0.6 is 7.92 Å². The van der Waals surface area contributed by atoms with Crippen LogP contribution in [0.1, 0.15) is 33.1 Å². The van der Waals surface area contributed by atoms with Crippen LogP contribution in [0.25, 0.3) is 0 Å². The molecule has 4 rings (SSSR count). The fourth-order valence-corrected chi connectivity index (χ4v) is 6.39. The SMILES string of the molecule is O=C(N[C@H](CP(c1ccccc1)c1ccccc1)c1ccc[cH-]1)c1cc(C(F)(F)F)cc(C(F)(F)F)c1. The van der Waals surface area contributed by atoms with Gasteiger partial charge >= 0.3 is 12.4 Å². The molecule has 192 valence electrons. The Hall–Kier alpha value is -3.51. The predicted octanol–water partition coefficient (Wildman–Crippen LogP) is 7.05. The molecule has 0 spiro atoms. The molecule has 0 unspecified atom stereocenters. The Morgan fingerprint density at radius 3 is 1.70 bits per heavy atom. The van der Waals surface area contributed by atoms with E-state index in [1.54, 1.807) is 24.3 Å². The van der Waals surface area contributed by atoms with E-state index in [0.717, 1.165) is 10.6 Å². The molecule has 37 heavy (non-hydrogen) atoms. The first kappa shape index (κ1) is 26.6. The molecule has 0 aliphatic rings. The zero-order valence-corrected chi connectivity index (χ0v) is 20.1. The lowest BCUT2D eigenvalue weighted by atomic mass is 10.0. The van der Waals surface area contributed by atoms with Crippen molar-refractivity contribution in [3.8, 4) is 0 Å². The summed E-state index contributed by atoms with van der Waals surface area (Å²) in [5, 5.41) is 4.75. The third kappa shape index (κ3) is 6.63. The fourth-order valence-electron chi connectivity index (χ4n) is 3.94. The van der Waals surface area contributed by atoms with Gasteiger partial charge in [0.15, 0.2) is 0 Å². The number of amides is 1. The smallest absolute Gasteiger partial charge is 0.347 e. The largest absolute Gasteiger partial charge is 0.416 e. The van der Waals surface area contributed by atoms with Gasteiger partial charge in [-0.25, -0.2) is 12.1 Å². The molecule has 1 amide bonds. The van der Waals surface area contributed by atoms with Crippen molar-refractivity contribution in [2.45, 2.75) is 18.4 Å². The molecule has 0 radical (unpaired) electrons. The minimum absolute atomic E-state index is 0.00945. The van der Waals surface area contributed by atoms with Gasteiger partial charge in [0, 0.05) is 11.6 Å². The zero-order chi connectivity index (χ0) is 26.6. The lowest BCUT2D eigenvalue weighted by molar-refractivity contribution is -0.143. The van der Waals surface area contributed by atoms with Crippen molar-refractivity contribution in [1.82, 2.24) is 5.32 Å². The minimum atomic E-state index is -5.05. The summed E-state index contributed by atoms with van der Waals surface area (Å²) in [5.41, 5.74) is -3.07. The highest BCUT2D eigenvalue weighted by atomic mass is 31.1. The molecule has 0 saturated heterocycles. The number of hydrogen-bond acceptors (Lipinski definition) is 1. The predicted molar refractivity (Wildman–Crippen MR) is 133 cm³/mol. The van der Waals surface area contributed by atoms with Crippen LogP contribution in [0.15, 0.2) is 103 Å². The molecule has 0 aromatic heterocycles. The molecule has 0 heterocycles. The van der Waals surface area contributed by atoms with E-state index >= 15 is 0 Å². The van der Waals surface area contributed by atoms with Crippen LogP contribution in [-0.2, 0) is 12.4 Å². The lowest BCUT2D eigenvalue weighted by Gasteiger charge is -2.28. The summed E-state index contributed by atoms with van der Waals surface area (Å²) >= 11 is 0. The summed E-state index contributed by atoms with van der Waals surface area (Å²) in [7, 11) is -1.02. The number of alkyl halides is 6. The van der Waals surface area contributed by atoms with Crippen LogP contribution in [0.4, 0.5) is 26.3 Å². The number of benzene rings is 3. The normalized spacial score (nSPS) is 12.9. The molecule has 0 bridgehead atoms. The summed E-state index contributed by atoms with van der Waals surface area (Å²) in [5.74, 6) is -1.01. The van der Waals surface area contributed by atoms with E-state index in [1.165, 1.54) is 0 Å². The van der Waals surface area contributed by atoms with Crippen LogP contribution in [-0.4, -0.2) is 12.1 Å². The van der Waals surface area contributed by atoms with Crippen LogP contribution in [0.3, 0.4) is 0 Å². The molecule has 9 heteroatoms. The lowest BCUT2D eigenvalue weighted by Crippen LogP contribution is -2.32. The molecule has 0 saturated carbocycles. The molecule has 0 aliphatic carbocycles. The third-order valence-corrected chi connectivity index (χ3v) is 8.32. The second-order valence-electron chi connectivity index (χ2n) is 8.32. The number of hydrogen-bond donors (Lipinski definition) is 1. The number of nitrogens with one attached hydrogen (secondary N) is 1. The van der Waals surface area contributed by atoms with E-state index in [9.17, 15) is 31.1 Å². The standard InChI is InChI=1S/C28H21F6NOP/c29-27(30,31)21-15-20(16-22(17-21)28(32,33)34)26(36)35-25(19-9-7-8-10-19)18-37(23-11-3-1-4-12-23)24-13-5-2-6-14-24/h1-17,25H,18H2,(H,35,36)/q-1/t25-/m1/s1. The molecule has 4 aromatic rings. The Kier molecular flexibility index (Phi) is 7.79. The summed E-state index contributed by atoms with van der Waals surface area (Å²) < 4.78 is 80.0. The third-order valence-electron chi connectivity index (χ3n) is 5.75. The average Bonchev–Trinajstić information content (AvgIpc) is 3.41. The molecular weight excluding hydrogens is 511 g/mol. The molecule has 2 nitrogen and oxygen atoms in total. The molecule has 0 fully saturated rings. The van der Waals surface area contributed by atoms with Gasteiger partial charge in [0.25, 0.3) is 5.91 Å². The van der Waals surface area contributed by atoms with Crippen LogP contribution in [0.5, 0.6) is 0 Å². The highest BCUT2D eigenvalue weighted by molar-refractivity contribution is 7.73. The van der Waals surface area contributed by atoms with Gasteiger partial charge in [-0.05, 0) is 42.9 Å². The van der Waals surface area contributed by atoms with Crippen molar-refractivity contribution < 1.29 is 31.1 Å². The number of carbonyl (C=O) groups is 1. The van der Waals surface area contributed by atoms with Crippen molar-refractivity contribution in [2.24, 2.45) is 0 Å². The summed E-state index contributed by atoms with van der Waals surface area (Å²) in [4.78, 5) is 13.1. The Bertz CT molecular complexity index is 1250. The first-order valence-corrected chi connectivity index (χ1v) is 12.7. The van der Waals surface area contributed by atoms with Gasteiger partial charge in [0.1, 0.15) is 0 Å². The Morgan fingerprint density at radius 1 is 0.757 bits per heavy atom. The molecule has 4 aromatic carbocycles. The first-order valence-electron chi connectivity index (χ1n) is 11.2. The van der Waals surface area contributed by atoms with Crippen molar-refractivity contribution in [1.29, 1.82) is 0 Å². The van der Waals surface area contributed by atoms with Gasteiger partial charge < -0.3 is 5.32 Å². The van der Waals surface area contributed by atoms with Gasteiger partial charge in [-0.3, -0.25) is 4.79 Å². The molecule has 1 N–H and O–H groups in total. The van der Waals surface area contributed by atoms with Crippen LogP contribution in [0.2, 0.25) is 0 Å². The van der Waals surface area contributed by atoms with Crippen molar-refractivity contribution >= 4 is 24.4 Å². The summed E-state index contributed by atoms with van der Waals surface area (Å²) in [6, 6.07) is 26.5. The van der Waals surface area contributed by atoms with Gasteiger partial charge in [-0.15, -0.1) is 5.56 Å². The fraction of sp³-hybridized carbons (Fsp3) is 0.143. The first-order chi connectivity index (χ1) is 17.5. The Balaban J connectivity index is 1.70. The van der Waals surface area contributed by atoms with Crippen molar-refractivity contribution in [2.75, 3.05) is 6.16 Å². The molecule has 0 aliphatic heterocycles. The van der Waals surface area contributed by atoms with Crippen LogP contribution < -0.4 is 15.9 Å². The maximum atomic E-state index is 13.3. The average molecular weight is 532 g/mol. The van der Waals surface area contributed by atoms with E-state index < -0.39 is 48.9 Å². The number of halogens is 6. The molecule has 1 atom stereocenters. The number of carbonyl (C=O) groups excluding carboxylic acids is 1. The summed E-state index contributed by atoms with van der Waals surface area (Å²) in [6.45, 7) is 0. The highest BCUT2D eigenvalue weighted by Crippen LogP contribution is 2.39. The van der Waals surface area contributed by atoms with Gasteiger partial charge in [0.2, 0.25) is 0 Å².